The molecule has 0 aromatic heterocycles. The Kier molecular flexibility index (Phi) is 3.67. The molecule has 0 radical (unpaired) electrons. The molecule has 0 spiro atoms. The number of rotatable bonds is 4. The number of benzene rings is 1. The summed E-state index contributed by atoms with van der Waals surface area (Å²) in [5.41, 5.74) is 0. The zero-order valence-corrected chi connectivity index (χ0v) is 7.35. The van der Waals surface area contributed by atoms with Gasteiger partial charge in [-0.2, -0.15) is 4.39 Å². The van der Waals surface area contributed by atoms with Gasteiger partial charge in [0.25, 0.3) is 0 Å². The average Bonchev–Trinajstić information content (AvgIpc) is 2.19. The van der Waals surface area contributed by atoms with Gasteiger partial charge in [-0.3, -0.25) is 0 Å². The number of hydrogen-bond donors (Lipinski definition) is 0. The normalized spacial score (nSPS) is 11.5. The molecule has 1 rings (SSSR count). The Balaban J connectivity index is 2.52. The van der Waals surface area contributed by atoms with Crippen molar-refractivity contribution in [2.24, 2.45) is 0 Å². The lowest BCUT2D eigenvalue weighted by Crippen LogP contribution is -2.23. The van der Waals surface area contributed by atoms with E-state index >= 15 is 0 Å². The molecule has 0 bridgehead atoms. The summed E-state index contributed by atoms with van der Waals surface area (Å²) < 4.78 is 21.8. The van der Waals surface area contributed by atoms with Gasteiger partial charge in [-0.25, -0.2) is 4.79 Å². The van der Waals surface area contributed by atoms with E-state index in [0.717, 1.165) is 6.26 Å². The van der Waals surface area contributed by atoms with E-state index in [2.05, 4.69) is 16.1 Å². The molecule has 0 saturated carbocycles. The lowest BCUT2D eigenvalue weighted by molar-refractivity contribution is -0.154. The first-order chi connectivity index (χ1) is 6.74. The Morgan fingerprint density at radius 3 is 2.64 bits per heavy atom. The molecule has 0 amide bonds. The van der Waals surface area contributed by atoms with Crippen LogP contribution in [0, 0.1) is 0 Å². The Labute approximate surface area is 80.8 Å². The average molecular weight is 196 g/mol. The van der Waals surface area contributed by atoms with Gasteiger partial charge in [0.1, 0.15) is 5.75 Å². The van der Waals surface area contributed by atoms with E-state index < -0.39 is 12.3 Å². The highest BCUT2D eigenvalue weighted by atomic mass is 19.1. The van der Waals surface area contributed by atoms with Crippen molar-refractivity contribution in [2.75, 3.05) is 0 Å². The molecule has 0 N–H and O–H groups in total. The minimum atomic E-state index is -2.13. The SMILES string of the molecule is C=COC(=O)C(F)Oc1ccccc1. The first-order valence-corrected chi connectivity index (χ1v) is 3.91. The number of ether oxygens (including phenoxy) is 2. The maximum atomic E-state index is 12.9. The van der Waals surface area contributed by atoms with Crippen molar-refractivity contribution in [1.29, 1.82) is 0 Å². The number of alkyl halides is 1. The first kappa shape index (κ1) is 10.2. The molecule has 0 aliphatic heterocycles. The van der Waals surface area contributed by atoms with Crippen LogP contribution in [0.1, 0.15) is 0 Å². The summed E-state index contributed by atoms with van der Waals surface area (Å²) in [6, 6.07) is 8.16. The molecule has 1 unspecified atom stereocenters. The van der Waals surface area contributed by atoms with E-state index in [1.54, 1.807) is 18.2 Å². The molecule has 0 aliphatic carbocycles. The summed E-state index contributed by atoms with van der Waals surface area (Å²) in [7, 11) is 0. The largest absolute Gasteiger partial charge is 0.451 e. The van der Waals surface area contributed by atoms with Crippen LogP contribution in [-0.2, 0) is 9.53 Å². The highest BCUT2D eigenvalue weighted by molar-refractivity contribution is 5.73. The van der Waals surface area contributed by atoms with E-state index in [1.807, 2.05) is 0 Å². The van der Waals surface area contributed by atoms with Crippen molar-refractivity contribution in [3.63, 3.8) is 0 Å². The van der Waals surface area contributed by atoms with Gasteiger partial charge in [-0.05, 0) is 12.1 Å². The van der Waals surface area contributed by atoms with Crippen molar-refractivity contribution < 1.29 is 18.7 Å². The second-order valence-electron chi connectivity index (χ2n) is 2.35. The Hall–Kier alpha value is -1.84. The highest BCUT2D eigenvalue weighted by Gasteiger charge is 2.19. The third-order valence-electron chi connectivity index (χ3n) is 1.37. The summed E-state index contributed by atoms with van der Waals surface area (Å²) in [6.07, 6.45) is -1.28. The van der Waals surface area contributed by atoms with Gasteiger partial charge >= 0.3 is 12.3 Å². The fourth-order valence-corrected chi connectivity index (χ4v) is 0.802. The van der Waals surface area contributed by atoms with Gasteiger partial charge in [0, 0.05) is 0 Å². The van der Waals surface area contributed by atoms with Gasteiger partial charge in [0.2, 0.25) is 0 Å². The van der Waals surface area contributed by atoms with E-state index in [4.69, 9.17) is 0 Å². The van der Waals surface area contributed by atoms with Crippen LogP contribution in [0.5, 0.6) is 5.75 Å². The van der Waals surface area contributed by atoms with E-state index in [9.17, 15) is 9.18 Å². The Bertz CT molecular complexity index is 310. The Morgan fingerprint density at radius 2 is 2.07 bits per heavy atom. The number of halogens is 1. The zero-order chi connectivity index (χ0) is 10.4. The fraction of sp³-hybridized carbons (Fsp3) is 0.100. The minimum Gasteiger partial charge on any atom is -0.451 e. The summed E-state index contributed by atoms with van der Waals surface area (Å²) >= 11 is 0. The molecule has 74 valence electrons. The molecular formula is C10H9FO3. The van der Waals surface area contributed by atoms with Crippen molar-refractivity contribution in [1.82, 2.24) is 0 Å². The highest BCUT2D eigenvalue weighted by Crippen LogP contribution is 2.12. The maximum Gasteiger partial charge on any atom is 0.386 e. The number of para-hydroxylation sites is 1. The van der Waals surface area contributed by atoms with Crippen molar-refractivity contribution >= 4 is 5.97 Å². The van der Waals surface area contributed by atoms with Crippen LogP contribution in [0.15, 0.2) is 43.2 Å². The predicted molar refractivity (Wildman–Crippen MR) is 48.3 cm³/mol. The number of carbonyl (C=O) groups excluding carboxylic acids is 1. The van der Waals surface area contributed by atoms with E-state index in [1.165, 1.54) is 12.1 Å². The minimum absolute atomic E-state index is 0.265. The zero-order valence-electron chi connectivity index (χ0n) is 7.35. The van der Waals surface area contributed by atoms with Gasteiger partial charge in [-0.15, -0.1) is 0 Å². The van der Waals surface area contributed by atoms with Crippen LogP contribution in [0.2, 0.25) is 0 Å². The second-order valence-corrected chi connectivity index (χ2v) is 2.35. The molecule has 1 aromatic carbocycles. The van der Waals surface area contributed by atoms with Gasteiger partial charge in [-0.1, -0.05) is 24.8 Å². The third-order valence-corrected chi connectivity index (χ3v) is 1.37. The van der Waals surface area contributed by atoms with Gasteiger partial charge < -0.3 is 9.47 Å². The van der Waals surface area contributed by atoms with Crippen LogP contribution in [0.4, 0.5) is 4.39 Å². The van der Waals surface area contributed by atoms with Crippen LogP contribution in [0.3, 0.4) is 0 Å². The monoisotopic (exact) mass is 196 g/mol. The van der Waals surface area contributed by atoms with E-state index in [0.29, 0.717) is 0 Å². The van der Waals surface area contributed by atoms with Crippen molar-refractivity contribution in [3.8, 4) is 5.75 Å². The summed E-state index contributed by atoms with van der Waals surface area (Å²) in [5, 5.41) is 0. The van der Waals surface area contributed by atoms with E-state index in [-0.39, 0.29) is 5.75 Å². The molecule has 0 fully saturated rings. The lowest BCUT2D eigenvalue weighted by Gasteiger charge is -2.08. The third kappa shape index (κ3) is 2.90. The molecule has 14 heavy (non-hydrogen) atoms. The molecule has 0 heterocycles. The molecule has 0 aliphatic rings. The Morgan fingerprint density at radius 1 is 1.43 bits per heavy atom. The molecule has 0 saturated heterocycles. The van der Waals surface area contributed by atoms with Gasteiger partial charge in [0.15, 0.2) is 0 Å². The number of esters is 1. The van der Waals surface area contributed by atoms with Crippen molar-refractivity contribution in [2.45, 2.75) is 6.36 Å². The smallest absolute Gasteiger partial charge is 0.386 e. The van der Waals surface area contributed by atoms with Crippen LogP contribution >= 0.6 is 0 Å². The molecule has 1 aromatic rings. The topological polar surface area (TPSA) is 35.5 Å². The maximum absolute atomic E-state index is 12.9. The van der Waals surface area contributed by atoms with Gasteiger partial charge in [0.05, 0.1) is 6.26 Å². The van der Waals surface area contributed by atoms with Crippen LogP contribution in [0.25, 0.3) is 0 Å². The summed E-state index contributed by atoms with van der Waals surface area (Å²) in [4.78, 5) is 10.8. The summed E-state index contributed by atoms with van der Waals surface area (Å²) in [6.45, 7) is 3.12. The second kappa shape index (κ2) is 5.01. The molecule has 4 heteroatoms. The first-order valence-electron chi connectivity index (χ1n) is 3.91. The van der Waals surface area contributed by atoms with Crippen LogP contribution in [-0.4, -0.2) is 12.3 Å². The van der Waals surface area contributed by atoms with Crippen molar-refractivity contribution in [3.05, 3.63) is 43.2 Å². The molecule has 1 atom stereocenters. The van der Waals surface area contributed by atoms with Crippen LogP contribution < -0.4 is 4.74 Å². The predicted octanol–water partition coefficient (Wildman–Crippen LogP) is 2.05. The quantitative estimate of drug-likeness (QED) is 0.546. The number of carbonyl (C=O) groups is 1. The number of hydrogen-bond acceptors (Lipinski definition) is 3. The fourth-order valence-electron chi connectivity index (χ4n) is 0.802. The lowest BCUT2D eigenvalue weighted by atomic mass is 10.3. The molecular weight excluding hydrogens is 187 g/mol. The standard InChI is InChI=1S/C10H9FO3/c1-2-13-10(12)9(11)14-8-6-4-3-5-7-8/h2-7,9H,1H2. The molecule has 3 nitrogen and oxygen atoms in total. The summed E-state index contributed by atoms with van der Waals surface area (Å²) in [5.74, 6) is -0.857.